The highest BCUT2D eigenvalue weighted by atomic mass is 16.3. The predicted octanol–water partition coefficient (Wildman–Crippen LogP) is 1.11. The number of rotatable bonds is 2. The van der Waals surface area contributed by atoms with Gasteiger partial charge in [-0.25, -0.2) is 0 Å². The number of nitrogens with one attached hydrogen (secondary N) is 1. The van der Waals surface area contributed by atoms with Crippen LogP contribution in [0.5, 0.6) is 0 Å². The van der Waals surface area contributed by atoms with Gasteiger partial charge in [-0.1, -0.05) is 18.2 Å². The van der Waals surface area contributed by atoms with Crippen molar-refractivity contribution in [2.75, 3.05) is 11.9 Å². The first-order chi connectivity index (χ1) is 7.22. The Morgan fingerprint density at radius 1 is 1.47 bits per heavy atom. The lowest BCUT2D eigenvalue weighted by atomic mass is 10.2. The summed E-state index contributed by atoms with van der Waals surface area (Å²) in [5.41, 5.74) is 1.78. The molecule has 0 radical (unpaired) electrons. The van der Waals surface area contributed by atoms with Crippen LogP contribution < -0.4 is 5.32 Å². The molecule has 1 heterocycles. The number of carbonyl (C=O) groups excluding carboxylic acids is 1. The summed E-state index contributed by atoms with van der Waals surface area (Å²) in [5, 5.41) is 12.3. The summed E-state index contributed by atoms with van der Waals surface area (Å²) >= 11 is 0. The topological polar surface area (TPSA) is 54.3 Å². The Morgan fingerprint density at radius 3 is 2.93 bits per heavy atom. The predicted molar refractivity (Wildman–Crippen MR) is 58.6 cm³/mol. The molecule has 0 fully saturated rings. The summed E-state index contributed by atoms with van der Waals surface area (Å²) in [6, 6.07) is 7.77. The van der Waals surface area contributed by atoms with Gasteiger partial charge in [-0.05, 0) is 6.07 Å². The highest BCUT2D eigenvalue weighted by Crippen LogP contribution is 2.24. The molecule has 0 atom stereocenters. The van der Waals surface area contributed by atoms with Gasteiger partial charge in [0.1, 0.15) is 6.61 Å². The van der Waals surface area contributed by atoms with Crippen LogP contribution >= 0.6 is 0 Å². The fraction of sp³-hybridized carbons (Fsp3) is 0.182. The number of aliphatic hydroxyl groups excluding tert-OH is 1. The Morgan fingerprint density at radius 2 is 2.20 bits per heavy atom. The molecular formula is C11H12N2O2. The fourth-order valence-corrected chi connectivity index (χ4v) is 1.63. The van der Waals surface area contributed by atoms with Gasteiger partial charge in [-0.3, -0.25) is 4.79 Å². The van der Waals surface area contributed by atoms with Crippen molar-refractivity contribution in [1.82, 2.24) is 4.57 Å². The van der Waals surface area contributed by atoms with Crippen molar-refractivity contribution in [2.24, 2.45) is 7.05 Å². The lowest BCUT2D eigenvalue weighted by molar-refractivity contribution is -0.118. The number of benzene rings is 1. The maximum atomic E-state index is 11.1. The maximum Gasteiger partial charge on any atom is 0.250 e. The number of hydrogen-bond donors (Lipinski definition) is 2. The Balaban J connectivity index is 2.48. The second kappa shape index (κ2) is 3.74. The lowest BCUT2D eigenvalue weighted by Gasteiger charge is -1.99. The standard InChI is InChI=1S/C11H12N2O2/c1-13-6-9(12-11(15)7-14)8-4-2-3-5-10(8)13/h2-6,14H,7H2,1H3,(H,12,15). The second-order valence-electron chi connectivity index (χ2n) is 3.38. The van der Waals surface area contributed by atoms with E-state index in [0.29, 0.717) is 0 Å². The molecular weight excluding hydrogens is 192 g/mol. The molecule has 1 aromatic carbocycles. The average Bonchev–Trinajstić information content (AvgIpc) is 2.57. The second-order valence-corrected chi connectivity index (χ2v) is 3.38. The molecule has 2 rings (SSSR count). The molecule has 78 valence electrons. The average molecular weight is 204 g/mol. The highest BCUT2D eigenvalue weighted by Gasteiger charge is 2.07. The van der Waals surface area contributed by atoms with E-state index in [1.165, 1.54) is 0 Å². The zero-order valence-electron chi connectivity index (χ0n) is 8.40. The number of hydrogen-bond acceptors (Lipinski definition) is 2. The summed E-state index contributed by atoms with van der Waals surface area (Å²) in [4.78, 5) is 11.1. The molecule has 2 N–H and O–H groups in total. The molecule has 0 aliphatic carbocycles. The van der Waals surface area contributed by atoms with Crippen molar-refractivity contribution >= 4 is 22.5 Å². The number of aryl methyl sites for hydroxylation is 1. The van der Waals surface area contributed by atoms with E-state index in [2.05, 4.69) is 5.32 Å². The number of amides is 1. The summed E-state index contributed by atoms with van der Waals surface area (Å²) in [5.74, 6) is -0.397. The number of nitrogens with zero attached hydrogens (tertiary/aromatic N) is 1. The monoisotopic (exact) mass is 204 g/mol. The SMILES string of the molecule is Cn1cc(NC(=O)CO)c2ccccc21. The molecule has 4 heteroatoms. The minimum absolute atomic E-state index is 0.397. The van der Waals surface area contributed by atoms with Gasteiger partial charge in [-0.2, -0.15) is 0 Å². The van der Waals surface area contributed by atoms with Gasteiger partial charge in [0.15, 0.2) is 0 Å². The van der Waals surface area contributed by atoms with Crippen molar-refractivity contribution in [1.29, 1.82) is 0 Å². The largest absolute Gasteiger partial charge is 0.387 e. The molecule has 1 amide bonds. The number of carbonyl (C=O) groups is 1. The van der Waals surface area contributed by atoms with Crippen LogP contribution in [0.15, 0.2) is 30.5 Å². The molecule has 4 nitrogen and oxygen atoms in total. The van der Waals surface area contributed by atoms with Crippen LogP contribution in [0.1, 0.15) is 0 Å². The first kappa shape index (κ1) is 9.73. The molecule has 0 spiro atoms. The van der Waals surface area contributed by atoms with Gasteiger partial charge in [0.05, 0.1) is 5.69 Å². The van der Waals surface area contributed by atoms with E-state index in [1.54, 1.807) is 0 Å². The van der Waals surface area contributed by atoms with E-state index in [0.717, 1.165) is 16.6 Å². The van der Waals surface area contributed by atoms with E-state index in [4.69, 9.17) is 5.11 Å². The Kier molecular flexibility index (Phi) is 2.43. The van der Waals surface area contributed by atoms with E-state index >= 15 is 0 Å². The van der Waals surface area contributed by atoms with Gasteiger partial charge >= 0.3 is 0 Å². The molecule has 15 heavy (non-hydrogen) atoms. The zero-order chi connectivity index (χ0) is 10.8. The highest BCUT2D eigenvalue weighted by molar-refractivity contribution is 6.02. The normalized spacial score (nSPS) is 10.5. The third-order valence-corrected chi connectivity index (χ3v) is 2.31. The summed E-state index contributed by atoms with van der Waals surface area (Å²) in [6.07, 6.45) is 1.83. The van der Waals surface area contributed by atoms with Crippen molar-refractivity contribution in [2.45, 2.75) is 0 Å². The molecule has 0 aliphatic rings. The molecule has 1 aromatic heterocycles. The summed E-state index contributed by atoms with van der Waals surface area (Å²) in [7, 11) is 1.91. The van der Waals surface area contributed by atoms with Gasteiger partial charge in [0.25, 0.3) is 0 Å². The molecule has 0 saturated heterocycles. The molecule has 0 saturated carbocycles. The third kappa shape index (κ3) is 1.71. The Hall–Kier alpha value is -1.81. The zero-order valence-corrected chi connectivity index (χ0v) is 8.40. The Bertz CT molecular complexity index is 502. The van der Waals surface area contributed by atoms with Crippen LogP contribution in [0, 0.1) is 0 Å². The van der Waals surface area contributed by atoms with Crippen LogP contribution in [-0.2, 0) is 11.8 Å². The van der Waals surface area contributed by atoms with Crippen molar-refractivity contribution < 1.29 is 9.90 Å². The maximum absolute atomic E-state index is 11.1. The molecule has 0 aliphatic heterocycles. The summed E-state index contributed by atoms with van der Waals surface area (Å²) < 4.78 is 1.93. The van der Waals surface area contributed by atoms with Gasteiger partial charge < -0.3 is 15.0 Å². The number of aliphatic hydroxyl groups is 1. The Labute approximate surface area is 87.1 Å². The van der Waals surface area contributed by atoms with Gasteiger partial charge in [0.2, 0.25) is 5.91 Å². The number of para-hydroxylation sites is 1. The minimum Gasteiger partial charge on any atom is -0.387 e. The van der Waals surface area contributed by atoms with Crippen LogP contribution in [-0.4, -0.2) is 22.2 Å². The first-order valence-corrected chi connectivity index (χ1v) is 4.67. The quantitative estimate of drug-likeness (QED) is 0.769. The molecule has 0 unspecified atom stereocenters. The van der Waals surface area contributed by atoms with E-state index < -0.39 is 12.5 Å². The number of fused-ring (bicyclic) bond motifs is 1. The van der Waals surface area contributed by atoms with Crippen molar-refractivity contribution in [3.8, 4) is 0 Å². The van der Waals surface area contributed by atoms with Crippen LogP contribution in [0.2, 0.25) is 0 Å². The van der Waals surface area contributed by atoms with Crippen molar-refractivity contribution in [3.63, 3.8) is 0 Å². The van der Waals surface area contributed by atoms with Crippen LogP contribution in [0.3, 0.4) is 0 Å². The first-order valence-electron chi connectivity index (χ1n) is 4.67. The van der Waals surface area contributed by atoms with Gasteiger partial charge in [0, 0.05) is 24.1 Å². The minimum atomic E-state index is -0.497. The van der Waals surface area contributed by atoms with E-state index in [-0.39, 0.29) is 0 Å². The smallest absolute Gasteiger partial charge is 0.250 e. The fourth-order valence-electron chi connectivity index (χ4n) is 1.63. The summed E-state index contributed by atoms with van der Waals surface area (Å²) in [6.45, 7) is -0.497. The van der Waals surface area contributed by atoms with Crippen molar-refractivity contribution in [3.05, 3.63) is 30.5 Å². The lowest BCUT2D eigenvalue weighted by Crippen LogP contribution is -2.15. The van der Waals surface area contributed by atoms with E-state index in [1.807, 2.05) is 42.1 Å². The molecule has 2 aromatic rings. The van der Waals surface area contributed by atoms with Crippen LogP contribution in [0.4, 0.5) is 5.69 Å². The third-order valence-electron chi connectivity index (χ3n) is 2.31. The van der Waals surface area contributed by atoms with E-state index in [9.17, 15) is 4.79 Å². The number of aromatic nitrogens is 1. The van der Waals surface area contributed by atoms with Gasteiger partial charge in [-0.15, -0.1) is 0 Å². The molecule has 0 bridgehead atoms. The van der Waals surface area contributed by atoms with Crippen LogP contribution in [0.25, 0.3) is 10.9 Å². The number of anilines is 1.